The van der Waals surface area contributed by atoms with Gasteiger partial charge in [0.2, 0.25) is 0 Å². The van der Waals surface area contributed by atoms with E-state index in [2.05, 4.69) is 217 Å². The number of nitrogens with zero attached hydrogens (tertiary/aromatic N) is 1. The molecule has 0 fully saturated rings. The summed E-state index contributed by atoms with van der Waals surface area (Å²) in [6.07, 6.45) is 0. The van der Waals surface area contributed by atoms with Crippen LogP contribution in [0.3, 0.4) is 0 Å². The van der Waals surface area contributed by atoms with Crippen LogP contribution in [0.2, 0.25) is 0 Å². The normalized spacial score (nSPS) is 11.3. The Morgan fingerprint density at radius 3 is 1.39 bits per heavy atom. The number of anilines is 3. The Kier molecular flexibility index (Phi) is 8.09. The predicted molar refractivity (Wildman–Crippen MR) is 233 cm³/mol. The molecule has 1 heterocycles. The van der Waals surface area contributed by atoms with Gasteiger partial charge in [-0.15, -0.1) is 11.3 Å². The van der Waals surface area contributed by atoms with Crippen LogP contribution in [0.5, 0.6) is 0 Å². The van der Waals surface area contributed by atoms with Crippen LogP contribution in [0.4, 0.5) is 17.1 Å². The maximum absolute atomic E-state index is 2.35. The van der Waals surface area contributed by atoms with Crippen molar-refractivity contribution < 1.29 is 0 Å². The fraction of sp³-hybridized carbons (Fsp3) is 0. The van der Waals surface area contributed by atoms with Gasteiger partial charge in [0.1, 0.15) is 0 Å². The van der Waals surface area contributed by atoms with Gasteiger partial charge in [0.15, 0.2) is 0 Å². The topological polar surface area (TPSA) is 3.24 Å². The molecule has 0 saturated heterocycles. The predicted octanol–water partition coefficient (Wildman–Crippen LogP) is 15.3. The summed E-state index contributed by atoms with van der Waals surface area (Å²) in [6.45, 7) is 0. The van der Waals surface area contributed by atoms with Crippen LogP contribution < -0.4 is 4.90 Å². The van der Waals surface area contributed by atoms with E-state index in [-0.39, 0.29) is 0 Å². The average molecular weight is 706 g/mol. The zero-order chi connectivity index (χ0) is 35.8. The molecule has 0 spiro atoms. The summed E-state index contributed by atoms with van der Waals surface area (Å²) < 4.78 is 2.66. The molecular weight excluding hydrogens is 671 g/mol. The lowest BCUT2D eigenvalue weighted by Gasteiger charge is -2.26. The van der Waals surface area contributed by atoms with E-state index >= 15 is 0 Å². The van der Waals surface area contributed by atoms with Crippen molar-refractivity contribution in [3.05, 3.63) is 212 Å². The van der Waals surface area contributed by atoms with Crippen molar-refractivity contribution in [1.82, 2.24) is 0 Å². The molecule has 10 aromatic rings. The Balaban J connectivity index is 1.02. The van der Waals surface area contributed by atoms with Gasteiger partial charge in [0.05, 0.1) is 0 Å². The summed E-state index contributed by atoms with van der Waals surface area (Å²) in [4.78, 5) is 2.35. The monoisotopic (exact) mass is 705 g/mol. The van der Waals surface area contributed by atoms with Gasteiger partial charge >= 0.3 is 0 Å². The molecule has 0 N–H and O–H groups in total. The lowest BCUT2D eigenvalue weighted by molar-refractivity contribution is 1.29. The highest BCUT2D eigenvalue weighted by atomic mass is 32.1. The van der Waals surface area contributed by atoms with Crippen molar-refractivity contribution in [2.45, 2.75) is 0 Å². The number of thiophene rings is 1. The lowest BCUT2D eigenvalue weighted by Crippen LogP contribution is -2.09. The summed E-state index contributed by atoms with van der Waals surface area (Å²) in [7, 11) is 0. The first-order valence-corrected chi connectivity index (χ1v) is 19.2. The van der Waals surface area contributed by atoms with Crippen molar-refractivity contribution in [2.24, 2.45) is 0 Å². The van der Waals surface area contributed by atoms with Gasteiger partial charge in [0.25, 0.3) is 0 Å². The zero-order valence-corrected chi connectivity index (χ0v) is 30.4. The van der Waals surface area contributed by atoms with Crippen LogP contribution in [-0.4, -0.2) is 0 Å². The van der Waals surface area contributed by atoms with Crippen molar-refractivity contribution >= 4 is 59.3 Å². The van der Waals surface area contributed by atoms with Gasteiger partial charge < -0.3 is 4.90 Å². The fourth-order valence-corrected chi connectivity index (χ4v) is 9.13. The second-order valence-electron chi connectivity index (χ2n) is 13.7. The molecule has 9 aromatic carbocycles. The van der Waals surface area contributed by atoms with E-state index in [9.17, 15) is 0 Å². The standard InChI is InChI=1S/C52H35NS/c1-3-12-36(13-4-1)38-24-29-44(30-25-38)53(46-33-28-37-14-7-8-17-42(37)35-46)45-31-26-39(27-32-45)41-18-9-19-43(34-41)48-21-11-23-50-49-22-10-20-47(51(49)54-52(48)50)40-15-5-2-6-16-40/h1-35H. The van der Waals surface area contributed by atoms with Crippen molar-refractivity contribution in [1.29, 1.82) is 0 Å². The fourth-order valence-electron chi connectivity index (χ4n) is 7.76. The highest BCUT2D eigenvalue weighted by Gasteiger charge is 2.16. The molecule has 0 saturated carbocycles. The van der Waals surface area contributed by atoms with E-state index in [0.717, 1.165) is 17.1 Å². The molecule has 54 heavy (non-hydrogen) atoms. The molecule has 1 nitrogen and oxygen atoms in total. The first-order chi connectivity index (χ1) is 26.8. The molecule has 0 aliphatic heterocycles. The third-order valence-corrected chi connectivity index (χ3v) is 11.8. The first kappa shape index (κ1) is 32.0. The van der Waals surface area contributed by atoms with Gasteiger partial charge in [-0.05, 0) is 97.7 Å². The van der Waals surface area contributed by atoms with Gasteiger partial charge in [-0.1, -0.05) is 170 Å². The number of rotatable bonds is 7. The Bertz CT molecular complexity index is 2910. The number of fused-ring (bicyclic) bond motifs is 4. The van der Waals surface area contributed by atoms with Crippen LogP contribution in [0.15, 0.2) is 212 Å². The van der Waals surface area contributed by atoms with E-state index in [0.29, 0.717) is 0 Å². The van der Waals surface area contributed by atoms with E-state index in [1.807, 2.05) is 11.3 Å². The zero-order valence-electron chi connectivity index (χ0n) is 29.6. The quantitative estimate of drug-likeness (QED) is 0.160. The van der Waals surface area contributed by atoms with E-state index in [4.69, 9.17) is 0 Å². The summed E-state index contributed by atoms with van der Waals surface area (Å²) in [5, 5.41) is 5.08. The largest absolute Gasteiger partial charge is 0.310 e. The third kappa shape index (κ3) is 5.84. The van der Waals surface area contributed by atoms with E-state index in [1.165, 1.54) is 75.5 Å². The highest BCUT2D eigenvalue weighted by molar-refractivity contribution is 7.26. The minimum atomic E-state index is 1.11. The van der Waals surface area contributed by atoms with Crippen molar-refractivity contribution in [3.8, 4) is 44.5 Å². The summed E-state index contributed by atoms with van der Waals surface area (Å²) >= 11 is 1.90. The van der Waals surface area contributed by atoms with Crippen LogP contribution in [0.25, 0.3) is 75.5 Å². The van der Waals surface area contributed by atoms with Gasteiger partial charge in [0, 0.05) is 37.2 Å². The average Bonchev–Trinajstić information content (AvgIpc) is 3.64. The molecule has 0 aliphatic rings. The second-order valence-corrected chi connectivity index (χ2v) is 14.8. The molecule has 0 bridgehead atoms. The molecule has 1 aromatic heterocycles. The molecule has 0 atom stereocenters. The Morgan fingerprint density at radius 2 is 0.741 bits per heavy atom. The molecule has 0 radical (unpaired) electrons. The minimum absolute atomic E-state index is 1.11. The second kappa shape index (κ2) is 13.7. The highest BCUT2D eigenvalue weighted by Crippen LogP contribution is 2.44. The van der Waals surface area contributed by atoms with E-state index in [1.54, 1.807) is 0 Å². The van der Waals surface area contributed by atoms with Crippen LogP contribution in [0, 0.1) is 0 Å². The summed E-state index contributed by atoms with van der Waals surface area (Å²) in [6, 6.07) is 77.0. The number of hydrogen-bond donors (Lipinski definition) is 0. The molecular formula is C52H35NS. The molecule has 0 unspecified atom stereocenters. The van der Waals surface area contributed by atoms with Crippen LogP contribution in [0.1, 0.15) is 0 Å². The first-order valence-electron chi connectivity index (χ1n) is 18.4. The summed E-state index contributed by atoms with van der Waals surface area (Å²) in [5.74, 6) is 0. The Hall–Kier alpha value is -6.74. The van der Waals surface area contributed by atoms with Crippen LogP contribution >= 0.6 is 11.3 Å². The van der Waals surface area contributed by atoms with E-state index < -0.39 is 0 Å². The lowest BCUT2D eigenvalue weighted by atomic mass is 9.97. The SMILES string of the molecule is c1ccc(-c2ccc(N(c3ccc(-c4cccc(-c5cccc6c5sc5c(-c7ccccc7)cccc56)c4)cc3)c3ccc4ccccc4c3)cc2)cc1. The molecule has 2 heteroatoms. The number of hydrogen-bond acceptors (Lipinski definition) is 2. The molecule has 254 valence electrons. The number of benzene rings is 9. The minimum Gasteiger partial charge on any atom is -0.310 e. The Morgan fingerprint density at radius 1 is 0.278 bits per heavy atom. The third-order valence-electron chi connectivity index (χ3n) is 10.5. The van der Waals surface area contributed by atoms with Crippen molar-refractivity contribution in [3.63, 3.8) is 0 Å². The molecule has 0 aliphatic carbocycles. The molecule has 10 rings (SSSR count). The van der Waals surface area contributed by atoms with Crippen molar-refractivity contribution in [2.75, 3.05) is 4.90 Å². The summed E-state index contributed by atoms with van der Waals surface area (Å²) in [5.41, 5.74) is 13.2. The Labute approximate surface area is 319 Å². The maximum Gasteiger partial charge on any atom is 0.0468 e. The van der Waals surface area contributed by atoms with Gasteiger partial charge in [-0.2, -0.15) is 0 Å². The van der Waals surface area contributed by atoms with Gasteiger partial charge in [-0.25, -0.2) is 0 Å². The smallest absolute Gasteiger partial charge is 0.0468 e. The maximum atomic E-state index is 2.35. The molecule has 0 amide bonds. The van der Waals surface area contributed by atoms with Gasteiger partial charge in [-0.3, -0.25) is 0 Å². The van der Waals surface area contributed by atoms with Crippen LogP contribution in [-0.2, 0) is 0 Å².